The molecule has 3 atom stereocenters. The highest BCUT2D eigenvalue weighted by Crippen LogP contribution is 2.34. The molecule has 3 aliphatic rings. The highest BCUT2D eigenvalue weighted by molar-refractivity contribution is 6.34. The van der Waals surface area contributed by atoms with Gasteiger partial charge in [0.1, 0.15) is 11.9 Å². The van der Waals surface area contributed by atoms with Gasteiger partial charge in [-0.05, 0) is 43.4 Å². The van der Waals surface area contributed by atoms with Gasteiger partial charge in [-0.1, -0.05) is 11.6 Å². The number of fused-ring (bicyclic) bond motifs is 1. The van der Waals surface area contributed by atoms with E-state index < -0.39 is 12.2 Å². The smallest absolute Gasteiger partial charge is 0.254 e. The molecule has 172 valence electrons. The van der Waals surface area contributed by atoms with Crippen LogP contribution in [0, 0.1) is 0 Å². The van der Waals surface area contributed by atoms with E-state index in [9.17, 15) is 9.90 Å². The number of piperazine rings is 1. The Morgan fingerprint density at radius 3 is 2.75 bits per heavy atom. The Bertz CT molecular complexity index is 1010. The number of ether oxygens (including phenoxy) is 2. The van der Waals surface area contributed by atoms with Crippen LogP contribution < -0.4 is 10.2 Å². The van der Waals surface area contributed by atoms with E-state index in [1.807, 2.05) is 12.1 Å². The second-order valence-electron chi connectivity index (χ2n) is 9.07. The van der Waals surface area contributed by atoms with Crippen LogP contribution in [0.4, 0.5) is 11.5 Å². The quantitative estimate of drug-likeness (QED) is 0.723. The molecule has 32 heavy (non-hydrogen) atoms. The monoisotopic (exact) mass is 460 g/mol. The van der Waals surface area contributed by atoms with E-state index in [4.69, 9.17) is 21.1 Å². The Balaban J connectivity index is 1.31. The molecule has 2 aromatic rings. The molecule has 2 N–H and O–H groups in total. The van der Waals surface area contributed by atoms with Crippen LogP contribution in [0.5, 0.6) is 0 Å². The zero-order valence-electron chi connectivity index (χ0n) is 18.2. The number of nitrogens with one attached hydrogen (secondary N) is 1. The van der Waals surface area contributed by atoms with Crippen LogP contribution in [0.2, 0.25) is 5.02 Å². The topological polar surface area (TPSA) is 87.2 Å². The predicted octanol–water partition coefficient (Wildman–Crippen LogP) is 2.28. The van der Waals surface area contributed by atoms with E-state index in [1.54, 1.807) is 6.20 Å². The van der Waals surface area contributed by atoms with Crippen LogP contribution in [0.3, 0.4) is 0 Å². The van der Waals surface area contributed by atoms with Crippen molar-refractivity contribution in [3.63, 3.8) is 0 Å². The summed E-state index contributed by atoms with van der Waals surface area (Å²) < 4.78 is 11.0. The minimum absolute atomic E-state index is 0.147. The summed E-state index contributed by atoms with van der Waals surface area (Å²) in [6, 6.07) is 5.87. The maximum absolute atomic E-state index is 12.4. The predicted molar refractivity (Wildman–Crippen MR) is 123 cm³/mol. The summed E-state index contributed by atoms with van der Waals surface area (Å²) in [6.45, 7) is 6.91. The Hall–Kier alpha value is -1.97. The van der Waals surface area contributed by atoms with Gasteiger partial charge in [0.05, 0.1) is 35.6 Å². The number of aliphatic hydroxyl groups excluding tert-OH is 1. The second-order valence-corrected chi connectivity index (χ2v) is 9.48. The Labute approximate surface area is 192 Å². The van der Waals surface area contributed by atoms with Crippen LogP contribution in [0.1, 0.15) is 19.8 Å². The third-order valence-electron chi connectivity index (χ3n) is 6.99. The molecule has 3 fully saturated rings. The van der Waals surface area contributed by atoms with Crippen molar-refractivity contribution in [1.82, 2.24) is 9.88 Å². The fourth-order valence-corrected chi connectivity index (χ4v) is 5.16. The summed E-state index contributed by atoms with van der Waals surface area (Å²) in [5.74, 6) is 0.366. The lowest BCUT2D eigenvalue weighted by Crippen LogP contribution is -2.60. The SMILES string of the molecule is C[C@@]1(N2CCN(c3cc4cc(NC(=O)C5CCCO5)ncc4cc3Cl)CC2)COC[C@@H]1O. The first-order valence-corrected chi connectivity index (χ1v) is 11.6. The number of hydrogen-bond donors (Lipinski definition) is 2. The van der Waals surface area contributed by atoms with Crippen molar-refractivity contribution in [2.75, 3.05) is 56.2 Å². The molecule has 1 aromatic carbocycles. The number of amides is 1. The zero-order chi connectivity index (χ0) is 22.3. The summed E-state index contributed by atoms with van der Waals surface area (Å²) in [7, 11) is 0. The molecule has 3 saturated heterocycles. The van der Waals surface area contributed by atoms with Gasteiger partial charge >= 0.3 is 0 Å². The van der Waals surface area contributed by atoms with Gasteiger partial charge in [0, 0.05) is 44.4 Å². The largest absolute Gasteiger partial charge is 0.389 e. The molecule has 0 saturated carbocycles. The Morgan fingerprint density at radius 1 is 1.25 bits per heavy atom. The number of carbonyl (C=O) groups is 1. The molecule has 0 aliphatic carbocycles. The van der Waals surface area contributed by atoms with Gasteiger partial charge in [-0.25, -0.2) is 4.98 Å². The maximum atomic E-state index is 12.4. The first-order valence-electron chi connectivity index (χ1n) is 11.2. The third-order valence-corrected chi connectivity index (χ3v) is 7.29. The van der Waals surface area contributed by atoms with Gasteiger partial charge in [0.2, 0.25) is 0 Å². The third kappa shape index (κ3) is 4.06. The molecule has 5 rings (SSSR count). The van der Waals surface area contributed by atoms with Crippen LogP contribution in [-0.4, -0.2) is 84.6 Å². The maximum Gasteiger partial charge on any atom is 0.254 e. The van der Waals surface area contributed by atoms with Crippen molar-refractivity contribution in [2.45, 2.75) is 37.5 Å². The minimum atomic E-state index is -0.464. The molecule has 0 spiro atoms. The molecular formula is C23H29ClN4O4. The lowest BCUT2D eigenvalue weighted by atomic mass is 9.95. The van der Waals surface area contributed by atoms with Gasteiger partial charge in [-0.2, -0.15) is 0 Å². The van der Waals surface area contributed by atoms with E-state index in [0.717, 1.165) is 55.5 Å². The number of hydrogen-bond acceptors (Lipinski definition) is 7. The molecule has 0 radical (unpaired) electrons. The number of aromatic nitrogens is 1. The van der Waals surface area contributed by atoms with E-state index in [2.05, 4.69) is 33.1 Å². The molecule has 1 aromatic heterocycles. The fraction of sp³-hybridized carbons (Fsp3) is 0.565. The van der Waals surface area contributed by atoms with Crippen molar-refractivity contribution in [3.05, 3.63) is 29.4 Å². The van der Waals surface area contributed by atoms with Crippen LogP contribution in [0.25, 0.3) is 10.8 Å². The first kappa shape index (κ1) is 21.9. The second kappa shape index (κ2) is 8.76. The molecule has 8 nitrogen and oxygen atoms in total. The summed E-state index contributed by atoms with van der Waals surface area (Å²) in [5, 5.41) is 15.8. The van der Waals surface area contributed by atoms with Crippen molar-refractivity contribution in [1.29, 1.82) is 0 Å². The summed E-state index contributed by atoms with van der Waals surface area (Å²) in [4.78, 5) is 21.3. The molecule has 4 heterocycles. The zero-order valence-corrected chi connectivity index (χ0v) is 19.0. The van der Waals surface area contributed by atoms with Crippen molar-refractivity contribution in [2.24, 2.45) is 0 Å². The summed E-state index contributed by atoms with van der Waals surface area (Å²) >= 11 is 6.63. The van der Waals surface area contributed by atoms with Gasteiger partial charge in [-0.3, -0.25) is 9.69 Å². The lowest BCUT2D eigenvalue weighted by molar-refractivity contribution is -0.124. The van der Waals surface area contributed by atoms with Gasteiger partial charge in [0.15, 0.2) is 0 Å². The number of benzene rings is 1. The molecule has 0 bridgehead atoms. The van der Waals surface area contributed by atoms with Gasteiger partial charge < -0.3 is 24.8 Å². The Morgan fingerprint density at radius 2 is 2.06 bits per heavy atom. The highest BCUT2D eigenvalue weighted by atomic mass is 35.5. The van der Waals surface area contributed by atoms with E-state index >= 15 is 0 Å². The number of pyridine rings is 1. The van der Waals surface area contributed by atoms with Gasteiger partial charge in [-0.15, -0.1) is 0 Å². The summed E-state index contributed by atoms with van der Waals surface area (Å²) in [6.07, 6.45) is 2.53. The minimum Gasteiger partial charge on any atom is -0.389 e. The summed E-state index contributed by atoms with van der Waals surface area (Å²) in [5.41, 5.74) is 0.635. The molecular weight excluding hydrogens is 432 g/mol. The average Bonchev–Trinajstić information content (AvgIpc) is 3.45. The number of carbonyl (C=O) groups excluding carboxylic acids is 1. The molecule has 3 aliphatic heterocycles. The van der Waals surface area contributed by atoms with E-state index in [-0.39, 0.29) is 11.4 Å². The number of nitrogens with zero attached hydrogens (tertiary/aromatic N) is 3. The normalized spacial score (nSPS) is 29.0. The van der Waals surface area contributed by atoms with E-state index in [0.29, 0.717) is 30.7 Å². The van der Waals surface area contributed by atoms with E-state index in [1.165, 1.54) is 0 Å². The average molecular weight is 461 g/mol. The first-order chi connectivity index (χ1) is 15.4. The van der Waals surface area contributed by atoms with Crippen molar-refractivity contribution < 1.29 is 19.4 Å². The van der Waals surface area contributed by atoms with Gasteiger partial charge in [0.25, 0.3) is 5.91 Å². The van der Waals surface area contributed by atoms with Crippen molar-refractivity contribution >= 4 is 39.8 Å². The Kier molecular flexibility index (Phi) is 5.98. The molecule has 1 amide bonds. The fourth-order valence-electron chi connectivity index (χ4n) is 4.87. The number of halogens is 1. The lowest BCUT2D eigenvalue weighted by Gasteiger charge is -2.45. The molecule has 1 unspecified atom stereocenters. The molecule has 9 heteroatoms. The van der Waals surface area contributed by atoms with Crippen LogP contribution in [0.15, 0.2) is 24.4 Å². The highest BCUT2D eigenvalue weighted by Gasteiger charge is 2.44. The van der Waals surface area contributed by atoms with Crippen LogP contribution in [-0.2, 0) is 14.3 Å². The standard InChI is InChI=1S/C23H29ClN4O4/c1-23(14-31-13-20(23)29)28-6-4-27(5-7-28)18-10-15-11-21(25-12-16(15)9-17(18)24)26-22(30)19-3-2-8-32-19/h9-12,19-20,29H,2-8,13-14H2,1H3,(H,25,26,30)/t19?,20-,23+/m0/s1. The number of anilines is 2. The number of aliphatic hydroxyl groups is 1. The van der Waals surface area contributed by atoms with Crippen LogP contribution >= 0.6 is 11.6 Å². The number of rotatable bonds is 4. The van der Waals surface area contributed by atoms with Crippen molar-refractivity contribution in [3.8, 4) is 0 Å².